The second-order valence-corrected chi connectivity index (χ2v) is 5.15. The second kappa shape index (κ2) is 7.85. The number of nitrogens with one attached hydrogen (secondary N) is 1. The van der Waals surface area contributed by atoms with Crippen LogP contribution in [0.2, 0.25) is 0 Å². The lowest BCUT2D eigenvalue weighted by atomic mass is 10.1. The van der Waals surface area contributed by atoms with Gasteiger partial charge in [-0.05, 0) is 24.5 Å². The largest absolute Gasteiger partial charge is 0.484 e. The maximum Gasteiger partial charge on any atom is 0.311 e. The normalized spacial score (nSPS) is 11.1. The van der Waals surface area contributed by atoms with E-state index in [0.29, 0.717) is 18.3 Å². The Balaban J connectivity index is 2.92. The number of nitrogens with zero attached hydrogens (tertiary/aromatic N) is 1. The molecule has 0 aliphatic rings. The van der Waals surface area contributed by atoms with Gasteiger partial charge in [-0.2, -0.15) is 0 Å². The van der Waals surface area contributed by atoms with Gasteiger partial charge in [0.15, 0.2) is 5.75 Å². The fraction of sp³-hybridized carbons (Fsp3) is 0.600. The van der Waals surface area contributed by atoms with Crippen LogP contribution in [0.3, 0.4) is 0 Å². The third-order valence-corrected chi connectivity index (χ3v) is 3.14. The maximum absolute atomic E-state index is 11.2. The average Bonchev–Trinajstić information content (AvgIpc) is 2.42. The van der Waals surface area contributed by atoms with Crippen LogP contribution in [0.1, 0.15) is 46.1 Å². The summed E-state index contributed by atoms with van der Waals surface area (Å²) in [6, 6.07) is 5.51. The minimum absolute atomic E-state index is 0.0216. The molecule has 1 N–H and O–H groups in total. The van der Waals surface area contributed by atoms with Crippen molar-refractivity contribution in [1.29, 1.82) is 0 Å². The number of nitro benzene ring substituents is 1. The van der Waals surface area contributed by atoms with Gasteiger partial charge in [-0.3, -0.25) is 10.1 Å². The van der Waals surface area contributed by atoms with E-state index in [2.05, 4.69) is 5.32 Å². The number of rotatable bonds is 8. The molecule has 0 heterocycles. The first-order valence-corrected chi connectivity index (χ1v) is 7.15. The summed E-state index contributed by atoms with van der Waals surface area (Å²) in [5.41, 5.74) is 0.933. The molecule has 0 amide bonds. The van der Waals surface area contributed by atoms with Crippen LogP contribution in [-0.2, 0) is 6.54 Å². The van der Waals surface area contributed by atoms with Crippen molar-refractivity contribution in [3.05, 3.63) is 33.9 Å². The molecule has 0 radical (unpaired) electrons. The molecule has 0 saturated heterocycles. The van der Waals surface area contributed by atoms with Crippen molar-refractivity contribution >= 4 is 5.69 Å². The maximum atomic E-state index is 11.2. The zero-order chi connectivity index (χ0) is 15.1. The van der Waals surface area contributed by atoms with E-state index in [-0.39, 0.29) is 16.7 Å². The molecule has 0 aromatic heterocycles. The van der Waals surface area contributed by atoms with E-state index in [4.69, 9.17) is 4.74 Å². The summed E-state index contributed by atoms with van der Waals surface area (Å²) < 4.78 is 5.72. The van der Waals surface area contributed by atoms with Gasteiger partial charge in [0.2, 0.25) is 0 Å². The Morgan fingerprint density at radius 2 is 1.95 bits per heavy atom. The molecule has 1 aromatic rings. The average molecular weight is 280 g/mol. The summed E-state index contributed by atoms with van der Waals surface area (Å²) in [5, 5.41) is 14.4. The first kappa shape index (κ1) is 16.4. The molecule has 0 saturated carbocycles. The first-order valence-electron chi connectivity index (χ1n) is 7.15. The van der Waals surface area contributed by atoms with Crippen molar-refractivity contribution in [2.24, 2.45) is 0 Å². The molecule has 0 unspecified atom stereocenters. The van der Waals surface area contributed by atoms with Gasteiger partial charge in [0.25, 0.3) is 0 Å². The highest BCUT2D eigenvalue weighted by Gasteiger charge is 2.18. The van der Waals surface area contributed by atoms with E-state index in [0.717, 1.165) is 18.4 Å². The molecular formula is C15H24N2O3. The summed E-state index contributed by atoms with van der Waals surface area (Å²) >= 11 is 0. The summed E-state index contributed by atoms with van der Waals surface area (Å²) in [6.07, 6.45) is 1.70. The van der Waals surface area contributed by atoms with E-state index < -0.39 is 0 Å². The highest BCUT2D eigenvalue weighted by molar-refractivity contribution is 5.48. The monoisotopic (exact) mass is 280 g/mol. The molecule has 0 spiro atoms. The van der Waals surface area contributed by atoms with Gasteiger partial charge in [-0.25, -0.2) is 0 Å². The van der Waals surface area contributed by atoms with Crippen LogP contribution in [0.4, 0.5) is 5.69 Å². The van der Waals surface area contributed by atoms with Crippen molar-refractivity contribution in [2.75, 3.05) is 0 Å². The van der Waals surface area contributed by atoms with E-state index in [1.54, 1.807) is 12.1 Å². The SMILES string of the molecule is CCC(CC)Oc1ccc(CNC(C)C)cc1[N+](=O)[O-]. The third kappa shape index (κ3) is 4.81. The Morgan fingerprint density at radius 1 is 1.30 bits per heavy atom. The highest BCUT2D eigenvalue weighted by atomic mass is 16.6. The van der Waals surface area contributed by atoms with Crippen molar-refractivity contribution in [2.45, 2.75) is 59.2 Å². The van der Waals surface area contributed by atoms with Crippen LogP contribution in [0.5, 0.6) is 5.75 Å². The summed E-state index contributed by atoms with van der Waals surface area (Å²) in [4.78, 5) is 10.8. The predicted molar refractivity (Wildman–Crippen MR) is 80.1 cm³/mol. The number of hydrogen-bond acceptors (Lipinski definition) is 4. The van der Waals surface area contributed by atoms with Crippen molar-refractivity contribution in [3.63, 3.8) is 0 Å². The Kier molecular flexibility index (Phi) is 6.45. The lowest BCUT2D eigenvalue weighted by molar-refractivity contribution is -0.386. The molecule has 0 bridgehead atoms. The summed E-state index contributed by atoms with van der Waals surface area (Å²) in [5.74, 6) is 0.358. The number of ether oxygens (including phenoxy) is 1. The number of benzene rings is 1. The fourth-order valence-corrected chi connectivity index (χ4v) is 1.87. The van der Waals surface area contributed by atoms with Crippen LogP contribution < -0.4 is 10.1 Å². The van der Waals surface area contributed by atoms with Gasteiger partial charge >= 0.3 is 5.69 Å². The lowest BCUT2D eigenvalue weighted by Crippen LogP contribution is -2.22. The molecule has 0 aliphatic carbocycles. The standard InChI is InChI=1S/C15H24N2O3/c1-5-13(6-2)20-15-8-7-12(10-16-11(3)4)9-14(15)17(18)19/h7-9,11,13,16H,5-6,10H2,1-4H3. The van der Waals surface area contributed by atoms with Crippen LogP contribution in [0, 0.1) is 10.1 Å². The van der Waals surface area contributed by atoms with E-state index in [1.165, 1.54) is 0 Å². The number of hydrogen-bond donors (Lipinski definition) is 1. The minimum Gasteiger partial charge on any atom is -0.484 e. The Hall–Kier alpha value is -1.62. The topological polar surface area (TPSA) is 64.4 Å². The molecule has 5 nitrogen and oxygen atoms in total. The first-order chi connectivity index (χ1) is 9.47. The number of nitro groups is 1. The lowest BCUT2D eigenvalue weighted by Gasteiger charge is -2.16. The van der Waals surface area contributed by atoms with Crippen molar-refractivity contribution in [1.82, 2.24) is 5.32 Å². The van der Waals surface area contributed by atoms with Gasteiger partial charge in [-0.1, -0.05) is 33.8 Å². The predicted octanol–water partition coefficient (Wildman–Crippen LogP) is 3.66. The Morgan fingerprint density at radius 3 is 2.45 bits per heavy atom. The van der Waals surface area contributed by atoms with Crippen LogP contribution in [0.25, 0.3) is 0 Å². The molecule has 20 heavy (non-hydrogen) atoms. The molecule has 5 heteroatoms. The van der Waals surface area contributed by atoms with Gasteiger partial charge in [0.05, 0.1) is 11.0 Å². The van der Waals surface area contributed by atoms with E-state index >= 15 is 0 Å². The highest BCUT2D eigenvalue weighted by Crippen LogP contribution is 2.29. The Labute approximate surface area is 120 Å². The van der Waals surface area contributed by atoms with Crippen LogP contribution in [-0.4, -0.2) is 17.1 Å². The van der Waals surface area contributed by atoms with Gasteiger partial charge in [0, 0.05) is 18.7 Å². The molecule has 1 aromatic carbocycles. The molecular weight excluding hydrogens is 256 g/mol. The zero-order valence-electron chi connectivity index (χ0n) is 12.7. The Bertz CT molecular complexity index is 443. The van der Waals surface area contributed by atoms with E-state index in [9.17, 15) is 10.1 Å². The molecule has 1 rings (SSSR count). The second-order valence-electron chi connectivity index (χ2n) is 5.15. The molecule has 112 valence electrons. The van der Waals surface area contributed by atoms with Crippen LogP contribution in [0.15, 0.2) is 18.2 Å². The van der Waals surface area contributed by atoms with Crippen molar-refractivity contribution in [3.8, 4) is 5.75 Å². The molecule has 0 fully saturated rings. The summed E-state index contributed by atoms with van der Waals surface area (Å²) in [7, 11) is 0. The van der Waals surface area contributed by atoms with Crippen LogP contribution >= 0.6 is 0 Å². The molecule has 0 atom stereocenters. The van der Waals surface area contributed by atoms with Gasteiger partial charge in [-0.15, -0.1) is 0 Å². The van der Waals surface area contributed by atoms with Crippen molar-refractivity contribution < 1.29 is 9.66 Å². The smallest absolute Gasteiger partial charge is 0.311 e. The third-order valence-electron chi connectivity index (χ3n) is 3.14. The van der Waals surface area contributed by atoms with E-state index in [1.807, 2.05) is 33.8 Å². The summed E-state index contributed by atoms with van der Waals surface area (Å²) in [6.45, 7) is 8.73. The quantitative estimate of drug-likeness (QED) is 0.583. The molecule has 0 aliphatic heterocycles. The van der Waals surface area contributed by atoms with Gasteiger partial charge < -0.3 is 10.1 Å². The zero-order valence-corrected chi connectivity index (χ0v) is 12.7. The van der Waals surface area contributed by atoms with Gasteiger partial charge in [0.1, 0.15) is 0 Å². The fourth-order valence-electron chi connectivity index (χ4n) is 1.87. The minimum atomic E-state index is -0.378.